The average molecular weight is 1850 g/mol. The zero-order chi connectivity index (χ0) is 85.7. The molecule has 2 heterocycles. The highest BCUT2D eigenvalue weighted by Gasteiger charge is 2.45. The molecule has 13 aromatic rings. The van der Waals surface area contributed by atoms with E-state index in [-0.39, 0.29) is 29.0 Å². The van der Waals surface area contributed by atoms with Gasteiger partial charge in [0.25, 0.3) is 0 Å². The summed E-state index contributed by atoms with van der Waals surface area (Å²) in [4.78, 5) is 9.63. The van der Waals surface area contributed by atoms with Crippen LogP contribution in [0, 0.1) is 0 Å². The number of hydrogen-bond donors (Lipinski definition) is 0. The summed E-state index contributed by atoms with van der Waals surface area (Å²) in [5, 5.41) is 0. The van der Waals surface area contributed by atoms with Crippen molar-refractivity contribution in [1.29, 1.82) is 0 Å². The molecule has 0 aliphatic carbocycles. The fourth-order valence-corrected chi connectivity index (χ4v) is 19.9. The Kier molecular flexibility index (Phi) is 30.4. The summed E-state index contributed by atoms with van der Waals surface area (Å²) in [7, 11) is 3.13. The Morgan fingerprint density at radius 1 is 0.273 bits per heavy atom. The average Bonchev–Trinajstić information content (AvgIpc) is 0.698. The smallest absolute Gasteiger partial charge is 0.410 e. The number of halogens is 4. The van der Waals surface area contributed by atoms with Gasteiger partial charge in [0.2, 0.25) is 13.4 Å². The van der Waals surface area contributed by atoms with Gasteiger partial charge in [-0.05, 0) is 297 Å². The molecule has 615 valence electrons. The topological polar surface area (TPSA) is 31.4 Å². The van der Waals surface area contributed by atoms with Crippen LogP contribution < -0.4 is 57.8 Å². The quantitative estimate of drug-likeness (QED) is 0.0629. The Labute approximate surface area is 760 Å². The minimum absolute atomic E-state index is 0. The number of benzene rings is 13. The minimum atomic E-state index is -0.286. The number of anilines is 12. The van der Waals surface area contributed by atoms with Crippen LogP contribution >= 0.6 is 63.7 Å². The van der Waals surface area contributed by atoms with E-state index < -0.39 is 0 Å². The lowest BCUT2D eigenvalue weighted by Crippen LogP contribution is -2.63. The van der Waals surface area contributed by atoms with Crippen molar-refractivity contribution < 1.29 is 9.31 Å². The van der Waals surface area contributed by atoms with Gasteiger partial charge in [0.1, 0.15) is 0 Å². The normalized spacial score (nSPS) is 12.2. The number of rotatable bonds is 22. The first-order chi connectivity index (χ1) is 57.6. The summed E-state index contributed by atoms with van der Waals surface area (Å²) in [6.45, 7) is 42.1. The number of nitrogens with zero attached hydrogens (tertiary/aromatic N) is 4. The Balaban J connectivity index is 0.000000196. The molecule has 2 aliphatic rings. The Hall–Kier alpha value is -8.84. The molecular formula is C107H115B4Br4N4O2. The van der Waals surface area contributed by atoms with Gasteiger partial charge in [-0.15, -0.1) is 0 Å². The molecule has 6 nitrogen and oxygen atoms in total. The lowest BCUT2D eigenvalue weighted by atomic mass is 9.30. The second-order valence-corrected chi connectivity index (χ2v) is 38.2. The molecule has 0 N–H and O–H groups in total. The first-order valence-electron chi connectivity index (χ1n) is 43.0. The maximum Gasteiger partial charge on any atom is 0.494 e. The molecule has 0 aromatic heterocycles. The van der Waals surface area contributed by atoms with Crippen molar-refractivity contribution in [2.24, 2.45) is 0 Å². The first-order valence-corrected chi connectivity index (χ1v) is 46.1. The second kappa shape index (κ2) is 40.2. The van der Waals surface area contributed by atoms with Crippen molar-refractivity contribution in [2.45, 2.75) is 178 Å². The monoisotopic (exact) mass is 1850 g/mol. The third-order valence-corrected chi connectivity index (χ3v) is 26.4. The van der Waals surface area contributed by atoms with Gasteiger partial charge >= 0.3 is 7.12 Å². The molecule has 14 heteroatoms. The molecule has 0 bridgehead atoms. The molecule has 121 heavy (non-hydrogen) atoms. The van der Waals surface area contributed by atoms with Crippen molar-refractivity contribution in [3.8, 4) is 0 Å². The molecule has 0 amide bonds. The van der Waals surface area contributed by atoms with Crippen molar-refractivity contribution in [2.75, 3.05) is 33.8 Å². The van der Waals surface area contributed by atoms with E-state index in [1.54, 1.807) is 14.2 Å². The van der Waals surface area contributed by atoms with Crippen LogP contribution in [0.15, 0.2) is 297 Å². The second-order valence-electron chi connectivity index (χ2n) is 34.8. The van der Waals surface area contributed by atoms with Crippen LogP contribution in [0.25, 0.3) is 0 Å². The van der Waals surface area contributed by atoms with Crippen LogP contribution in [0.2, 0.25) is 0 Å². The van der Waals surface area contributed by atoms with E-state index in [9.17, 15) is 0 Å². The number of hydrogen-bond acceptors (Lipinski definition) is 6. The van der Waals surface area contributed by atoms with E-state index in [4.69, 9.17) is 9.31 Å². The molecule has 3 radical (unpaired) electrons. The molecule has 0 spiro atoms. The van der Waals surface area contributed by atoms with Crippen molar-refractivity contribution in [1.82, 2.24) is 0 Å². The molecule has 0 saturated carbocycles. The number of para-hydroxylation sites is 8. The third-order valence-electron chi connectivity index (χ3n) is 23.8. The van der Waals surface area contributed by atoms with E-state index in [1.807, 2.05) is 24.3 Å². The molecule has 0 saturated heterocycles. The minimum Gasteiger partial charge on any atom is -0.410 e. The first kappa shape index (κ1) is 91.4. The van der Waals surface area contributed by atoms with Crippen molar-refractivity contribution in [3.63, 3.8) is 0 Å². The van der Waals surface area contributed by atoms with Crippen LogP contribution in [0.4, 0.5) is 68.2 Å². The highest BCUT2D eigenvalue weighted by molar-refractivity contribution is 9.11. The van der Waals surface area contributed by atoms with Gasteiger partial charge in [0, 0.05) is 86.0 Å². The summed E-state index contributed by atoms with van der Waals surface area (Å²) in [5.41, 5.74) is 36.0. The van der Waals surface area contributed by atoms with Crippen LogP contribution in [-0.2, 0) is 9.31 Å². The predicted molar refractivity (Wildman–Crippen MR) is 543 cm³/mol. The summed E-state index contributed by atoms with van der Waals surface area (Å²) in [5.74, 6) is 3.71. The van der Waals surface area contributed by atoms with Crippen LogP contribution in [-0.4, -0.2) is 43.2 Å². The van der Waals surface area contributed by atoms with E-state index >= 15 is 0 Å². The van der Waals surface area contributed by atoms with Crippen molar-refractivity contribution >= 4 is 199 Å². The van der Waals surface area contributed by atoms with E-state index in [0.29, 0.717) is 53.3 Å². The Morgan fingerprint density at radius 2 is 0.562 bits per heavy atom. The third kappa shape index (κ3) is 19.1. The van der Waals surface area contributed by atoms with Gasteiger partial charge in [-0.1, -0.05) is 311 Å². The molecule has 15 rings (SSSR count). The van der Waals surface area contributed by atoms with Gasteiger partial charge in [0.05, 0.1) is 22.7 Å². The standard InChI is InChI=1S/C60H66B2N2.C30H20Br4N2.C17H29BO2.B/c1-37(2)43-31-47(39(5)6)59(48(32-43)40(7)8)61-51-27-19-21-29-55(51)63(45-23-15-13-16-24-45)57-36-58-54(35-53(57)61)62(52-28-20-22-30-56(52)64(58)46-25-17-14-18-26-46)60-49(41(9)10)33-44(38(3)4)34-50(60)42(11)12;31-23-15-7-9-17-27(23)35(21-11-3-1-4-12-21)29-20-30(26(34)19-25(29)33)36(22-13-5-2-6-14-22)28-18-10-8-16-24(28)32;1-11(2)14-9-15(12(3)4)17(18(19-7)20-8)16(10-14)13(5)6;/h13-42H,1-12H3;1-20H;9-13H,1-8H3;. The lowest BCUT2D eigenvalue weighted by molar-refractivity contribution is 0.291. The molecule has 2 aliphatic heterocycles. The highest BCUT2D eigenvalue weighted by Crippen LogP contribution is 2.50. The Morgan fingerprint density at radius 3 is 0.868 bits per heavy atom. The summed E-state index contributed by atoms with van der Waals surface area (Å²) < 4.78 is 15.1. The Bertz CT molecular complexity index is 5330. The largest absolute Gasteiger partial charge is 0.494 e. The molecule has 0 atom stereocenters. The van der Waals surface area contributed by atoms with Crippen LogP contribution in [0.5, 0.6) is 0 Å². The summed E-state index contributed by atoms with van der Waals surface area (Å²) in [6, 6.07) is 102. The van der Waals surface area contributed by atoms with E-state index in [1.165, 1.54) is 122 Å². The molecule has 13 aromatic carbocycles. The predicted octanol–water partition coefficient (Wildman–Crippen LogP) is 28.4. The van der Waals surface area contributed by atoms with E-state index in [2.05, 4.69) is 463 Å². The molecule has 0 fully saturated rings. The zero-order valence-electron chi connectivity index (χ0n) is 74.2. The fraction of sp³-hybridized carbons (Fsp3) is 0.271. The van der Waals surface area contributed by atoms with Gasteiger partial charge < -0.3 is 28.9 Å². The molecule has 0 unspecified atom stereocenters. The maximum absolute atomic E-state index is 5.55. The van der Waals surface area contributed by atoms with Gasteiger partial charge in [-0.25, -0.2) is 0 Å². The molecular weight excluding hydrogens is 1740 g/mol. The zero-order valence-corrected chi connectivity index (χ0v) is 80.5. The van der Waals surface area contributed by atoms with Crippen LogP contribution in [0.1, 0.15) is 228 Å². The highest BCUT2D eigenvalue weighted by atomic mass is 79.9. The SMILES string of the molecule is Brc1ccccc1N(c1ccccc1)c1cc(N(c2ccccc2)c2ccccc2Br)c(Br)cc1Br.CC(C)c1cc(C(C)C)c(B2c3ccccc3N(c3ccccc3)c3cc4c(cc32)B(c2c(C(C)C)cc(C(C)C)cc2C(C)C)c2ccccc2N4c2ccccc2)c(C(C)C)c1.COB(OC)c1c(C(C)C)cc(C(C)C)cc1C(C)C.[B]. The summed E-state index contributed by atoms with van der Waals surface area (Å²) in [6.07, 6.45) is 0. The van der Waals surface area contributed by atoms with Crippen LogP contribution in [0.3, 0.4) is 0 Å². The summed E-state index contributed by atoms with van der Waals surface area (Å²) >= 11 is 15.3. The van der Waals surface area contributed by atoms with Gasteiger partial charge in [-0.2, -0.15) is 0 Å². The number of fused-ring (bicyclic) bond motifs is 4. The lowest BCUT2D eigenvalue weighted by Gasteiger charge is -2.43. The maximum atomic E-state index is 5.55. The van der Waals surface area contributed by atoms with E-state index in [0.717, 1.165) is 52.0 Å². The van der Waals surface area contributed by atoms with Gasteiger partial charge in [-0.3, -0.25) is 0 Å². The fourth-order valence-electron chi connectivity index (χ4n) is 17.7. The van der Waals surface area contributed by atoms with Gasteiger partial charge in [0.15, 0.2) is 0 Å². The van der Waals surface area contributed by atoms with Crippen molar-refractivity contribution in [3.05, 3.63) is 347 Å².